The Hall–Kier alpha value is -1.72. The van der Waals surface area contributed by atoms with E-state index in [9.17, 15) is 4.79 Å². The van der Waals surface area contributed by atoms with Crippen LogP contribution in [0.25, 0.3) is 10.4 Å². The van der Waals surface area contributed by atoms with Gasteiger partial charge in [0.25, 0.3) is 0 Å². The third kappa shape index (κ3) is 2.66. The summed E-state index contributed by atoms with van der Waals surface area (Å²) in [5.74, 6) is 0.815. The van der Waals surface area contributed by atoms with Gasteiger partial charge >= 0.3 is 0 Å². The summed E-state index contributed by atoms with van der Waals surface area (Å²) in [6.45, 7) is 9.36. The van der Waals surface area contributed by atoms with Gasteiger partial charge in [0, 0.05) is 37.3 Å². The third-order valence-corrected chi connectivity index (χ3v) is 6.24. The van der Waals surface area contributed by atoms with E-state index < -0.39 is 0 Å². The van der Waals surface area contributed by atoms with E-state index in [0.29, 0.717) is 5.92 Å². The number of nitrogens with zero attached hydrogens (tertiary/aromatic N) is 3. The second kappa shape index (κ2) is 5.67. The first kappa shape index (κ1) is 15.8. The van der Waals surface area contributed by atoms with Crippen molar-refractivity contribution in [2.24, 2.45) is 11.8 Å². The van der Waals surface area contributed by atoms with Crippen molar-refractivity contribution in [1.29, 1.82) is 0 Å². The van der Waals surface area contributed by atoms with E-state index in [1.807, 2.05) is 29.3 Å². The van der Waals surface area contributed by atoms with E-state index in [4.69, 9.17) is 0 Å². The molecule has 0 spiro atoms. The molecule has 24 heavy (non-hydrogen) atoms. The maximum atomic E-state index is 12.9. The van der Waals surface area contributed by atoms with Crippen molar-refractivity contribution in [1.82, 2.24) is 9.88 Å². The standard InChI is InChI=1S/C19H23N3OS/c1-19(2,3)21-10-14-11-22(17(23)15(14)12-21)18-20-9-16(24-18)13-7-5-4-6-8-13/h4-9,14-15H,10-12H2,1-3H3. The number of anilines is 1. The number of carbonyl (C=O) groups excluding carboxylic acids is 1. The van der Waals surface area contributed by atoms with Gasteiger partial charge in [0.05, 0.1) is 10.8 Å². The number of fused-ring (bicyclic) bond motifs is 1. The molecule has 0 N–H and O–H groups in total. The molecule has 1 amide bonds. The highest BCUT2D eigenvalue weighted by molar-refractivity contribution is 7.19. The van der Waals surface area contributed by atoms with Crippen LogP contribution in [-0.2, 0) is 4.79 Å². The summed E-state index contributed by atoms with van der Waals surface area (Å²) in [5.41, 5.74) is 1.30. The van der Waals surface area contributed by atoms with Crippen LogP contribution in [0.2, 0.25) is 0 Å². The molecule has 126 valence electrons. The molecule has 2 atom stereocenters. The Balaban J connectivity index is 1.52. The van der Waals surface area contributed by atoms with E-state index in [1.165, 1.54) is 0 Å². The zero-order chi connectivity index (χ0) is 16.9. The first-order valence-corrected chi connectivity index (χ1v) is 9.33. The van der Waals surface area contributed by atoms with Gasteiger partial charge in [-0.25, -0.2) is 4.98 Å². The summed E-state index contributed by atoms with van der Waals surface area (Å²) in [5, 5.41) is 0.843. The fraction of sp³-hybridized carbons (Fsp3) is 0.474. The van der Waals surface area contributed by atoms with Gasteiger partial charge in [-0.1, -0.05) is 41.7 Å². The molecule has 1 aromatic carbocycles. The molecule has 3 heterocycles. The number of rotatable bonds is 2. The first-order valence-electron chi connectivity index (χ1n) is 8.51. The molecule has 0 radical (unpaired) electrons. The fourth-order valence-electron chi connectivity index (χ4n) is 3.71. The second-order valence-electron chi connectivity index (χ2n) is 7.76. The van der Waals surface area contributed by atoms with Gasteiger partial charge in [-0.15, -0.1) is 0 Å². The molecule has 2 unspecified atom stereocenters. The van der Waals surface area contributed by atoms with Crippen LogP contribution in [-0.4, -0.2) is 41.0 Å². The molecular weight excluding hydrogens is 318 g/mol. The minimum atomic E-state index is 0.133. The number of benzene rings is 1. The van der Waals surface area contributed by atoms with Crippen molar-refractivity contribution in [3.63, 3.8) is 0 Å². The van der Waals surface area contributed by atoms with Gasteiger partial charge in [-0.2, -0.15) is 0 Å². The van der Waals surface area contributed by atoms with E-state index in [2.05, 4.69) is 42.8 Å². The molecule has 4 nitrogen and oxygen atoms in total. The van der Waals surface area contributed by atoms with Crippen LogP contribution in [0.4, 0.5) is 5.13 Å². The smallest absolute Gasteiger partial charge is 0.233 e. The SMILES string of the molecule is CC(C)(C)N1CC2CN(c3ncc(-c4ccccc4)s3)C(=O)C2C1. The molecule has 2 saturated heterocycles. The van der Waals surface area contributed by atoms with Gasteiger partial charge in [-0.05, 0) is 26.3 Å². The summed E-state index contributed by atoms with van der Waals surface area (Å²) < 4.78 is 0. The van der Waals surface area contributed by atoms with Crippen molar-refractivity contribution < 1.29 is 4.79 Å². The maximum Gasteiger partial charge on any atom is 0.233 e. The lowest BCUT2D eigenvalue weighted by Gasteiger charge is -2.32. The van der Waals surface area contributed by atoms with Gasteiger partial charge in [-0.3, -0.25) is 14.6 Å². The minimum absolute atomic E-state index is 0.133. The quantitative estimate of drug-likeness (QED) is 0.839. The van der Waals surface area contributed by atoms with Crippen LogP contribution in [0.1, 0.15) is 20.8 Å². The maximum absolute atomic E-state index is 12.9. The summed E-state index contributed by atoms with van der Waals surface area (Å²) in [7, 11) is 0. The lowest BCUT2D eigenvalue weighted by atomic mass is 10.0. The molecule has 0 bridgehead atoms. The minimum Gasteiger partial charge on any atom is -0.297 e. The first-order chi connectivity index (χ1) is 11.4. The summed E-state index contributed by atoms with van der Waals surface area (Å²) in [4.78, 5) is 22.9. The normalized spacial score (nSPS) is 24.6. The monoisotopic (exact) mass is 341 g/mol. The molecule has 1 aromatic heterocycles. The molecule has 2 aromatic rings. The number of aromatic nitrogens is 1. The van der Waals surface area contributed by atoms with Crippen LogP contribution in [0.3, 0.4) is 0 Å². The van der Waals surface area contributed by atoms with Crippen LogP contribution in [0, 0.1) is 11.8 Å². The zero-order valence-electron chi connectivity index (χ0n) is 14.4. The van der Waals surface area contributed by atoms with Gasteiger partial charge in [0.1, 0.15) is 0 Å². The average Bonchev–Trinajstić information content (AvgIpc) is 3.24. The van der Waals surface area contributed by atoms with Gasteiger partial charge in [0.2, 0.25) is 5.91 Å². The van der Waals surface area contributed by atoms with Crippen LogP contribution >= 0.6 is 11.3 Å². The lowest BCUT2D eigenvalue weighted by molar-refractivity contribution is -0.120. The molecule has 5 heteroatoms. The van der Waals surface area contributed by atoms with Crippen LogP contribution in [0.5, 0.6) is 0 Å². The number of carbonyl (C=O) groups is 1. The highest BCUT2D eigenvalue weighted by Gasteiger charge is 2.49. The summed E-state index contributed by atoms with van der Waals surface area (Å²) in [6, 6.07) is 10.2. The van der Waals surface area contributed by atoms with Crippen LogP contribution in [0.15, 0.2) is 36.5 Å². The number of amides is 1. The van der Waals surface area contributed by atoms with Crippen molar-refractivity contribution in [3.8, 4) is 10.4 Å². The molecular formula is C19H23N3OS. The van der Waals surface area contributed by atoms with Gasteiger partial charge in [0.15, 0.2) is 5.13 Å². The van der Waals surface area contributed by atoms with Crippen molar-refractivity contribution in [2.45, 2.75) is 26.3 Å². The fourth-order valence-corrected chi connectivity index (χ4v) is 4.64. The highest BCUT2D eigenvalue weighted by Crippen LogP contribution is 2.40. The van der Waals surface area contributed by atoms with Crippen LogP contribution < -0.4 is 4.90 Å². The van der Waals surface area contributed by atoms with Crippen molar-refractivity contribution in [2.75, 3.05) is 24.5 Å². The Labute approximate surface area is 147 Å². The van der Waals surface area contributed by atoms with Crippen molar-refractivity contribution >= 4 is 22.4 Å². The molecule has 0 aliphatic carbocycles. The molecule has 2 aliphatic heterocycles. The Kier molecular flexibility index (Phi) is 3.73. The largest absolute Gasteiger partial charge is 0.297 e. The van der Waals surface area contributed by atoms with E-state index in [1.54, 1.807) is 11.3 Å². The topological polar surface area (TPSA) is 36.4 Å². The summed E-state index contributed by atoms with van der Waals surface area (Å²) >= 11 is 1.61. The molecule has 2 fully saturated rings. The van der Waals surface area contributed by atoms with Crippen molar-refractivity contribution in [3.05, 3.63) is 36.5 Å². The second-order valence-corrected chi connectivity index (χ2v) is 8.77. The Morgan fingerprint density at radius 2 is 1.88 bits per heavy atom. The number of likely N-dealkylation sites (tertiary alicyclic amines) is 1. The van der Waals surface area contributed by atoms with Gasteiger partial charge < -0.3 is 0 Å². The van der Waals surface area contributed by atoms with E-state index >= 15 is 0 Å². The molecule has 4 rings (SSSR count). The number of thiazole rings is 1. The predicted molar refractivity (Wildman–Crippen MR) is 98.2 cm³/mol. The number of hydrogen-bond acceptors (Lipinski definition) is 4. The summed E-state index contributed by atoms with van der Waals surface area (Å²) in [6.07, 6.45) is 1.89. The lowest BCUT2D eigenvalue weighted by Crippen LogP contribution is -2.42. The average molecular weight is 341 g/mol. The predicted octanol–water partition coefficient (Wildman–Crippen LogP) is 3.50. The Bertz CT molecular complexity index is 749. The third-order valence-electron chi connectivity index (χ3n) is 5.17. The molecule has 2 aliphatic rings. The Morgan fingerprint density at radius 3 is 2.54 bits per heavy atom. The molecule has 0 saturated carbocycles. The van der Waals surface area contributed by atoms with E-state index in [-0.39, 0.29) is 17.4 Å². The highest BCUT2D eigenvalue weighted by atomic mass is 32.1. The van der Waals surface area contributed by atoms with E-state index in [0.717, 1.165) is 35.2 Å². The Morgan fingerprint density at radius 1 is 1.12 bits per heavy atom. The zero-order valence-corrected chi connectivity index (χ0v) is 15.2. The number of hydrogen-bond donors (Lipinski definition) is 0.